The van der Waals surface area contributed by atoms with Crippen LogP contribution in [0.15, 0.2) is 47.5 Å². The Kier molecular flexibility index (Phi) is 5.75. The lowest BCUT2D eigenvalue weighted by Gasteiger charge is -2.29. The van der Waals surface area contributed by atoms with E-state index in [1.807, 2.05) is 37.3 Å². The predicted molar refractivity (Wildman–Crippen MR) is 94.8 cm³/mol. The first-order chi connectivity index (χ1) is 11.0. The third kappa shape index (κ3) is 4.10. The first-order valence-electron chi connectivity index (χ1n) is 8.49. The average molecular weight is 313 g/mol. The first kappa shape index (κ1) is 17.5. The summed E-state index contributed by atoms with van der Waals surface area (Å²) >= 11 is 0. The van der Waals surface area contributed by atoms with Crippen molar-refractivity contribution in [1.82, 2.24) is 0 Å². The van der Waals surface area contributed by atoms with Gasteiger partial charge in [-0.2, -0.15) is 0 Å². The minimum Gasteiger partial charge on any atom is -0.464 e. The fourth-order valence-corrected chi connectivity index (χ4v) is 3.25. The molecule has 0 N–H and O–H groups in total. The number of hydrogen-bond donors (Lipinski definition) is 0. The molecule has 0 spiro atoms. The summed E-state index contributed by atoms with van der Waals surface area (Å²) in [5, 5.41) is 0. The fraction of sp³-hybridized carbons (Fsp3) is 0.500. The highest BCUT2D eigenvalue weighted by Gasteiger charge is 2.41. The van der Waals surface area contributed by atoms with Crippen molar-refractivity contribution < 1.29 is 9.53 Å². The Labute approximate surface area is 139 Å². The van der Waals surface area contributed by atoms with E-state index in [2.05, 4.69) is 20.4 Å². The van der Waals surface area contributed by atoms with Crippen LogP contribution in [-0.2, 0) is 9.53 Å². The lowest BCUT2D eigenvalue weighted by molar-refractivity contribution is -0.150. The van der Waals surface area contributed by atoms with Gasteiger partial charge in [0.15, 0.2) is 5.54 Å². The molecule has 1 aliphatic rings. The number of hydrogen-bond acceptors (Lipinski definition) is 3. The Morgan fingerprint density at radius 2 is 2.04 bits per heavy atom. The van der Waals surface area contributed by atoms with Gasteiger partial charge in [0.05, 0.1) is 12.3 Å². The maximum Gasteiger partial charge on any atom is 0.334 e. The van der Waals surface area contributed by atoms with E-state index in [1.54, 1.807) is 0 Å². The van der Waals surface area contributed by atoms with Gasteiger partial charge in [-0.05, 0) is 49.7 Å². The monoisotopic (exact) mass is 313 g/mol. The van der Waals surface area contributed by atoms with E-state index in [-0.39, 0.29) is 5.97 Å². The largest absolute Gasteiger partial charge is 0.464 e. The second-order valence-electron chi connectivity index (χ2n) is 6.63. The van der Waals surface area contributed by atoms with E-state index >= 15 is 0 Å². The van der Waals surface area contributed by atoms with Crippen molar-refractivity contribution in [3.8, 4) is 0 Å². The number of benzene rings is 1. The van der Waals surface area contributed by atoms with E-state index in [9.17, 15) is 4.79 Å². The summed E-state index contributed by atoms with van der Waals surface area (Å²) in [6.45, 7) is 10.7. The van der Waals surface area contributed by atoms with Gasteiger partial charge in [0, 0.05) is 0 Å². The Hall–Kier alpha value is -1.90. The number of allylic oxidation sites excluding steroid dienone is 1. The number of aliphatic imine (C=N–C) groups is 1. The molecule has 1 aliphatic heterocycles. The van der Waals surface area contributed by atoms with Gasteiger partial charge in [0.25, 0.3) is 0 Å². The number of nitrogens with zero attached hydrogens (tertiary/aromatic N) is 1. The summed E-state index contributed by atoms with van der Waals surface area (Å²) in [5.74, 6) is 0.170. The molecule has 1 aromatic rings. The summed E-state index contributed by atoms with van der Waals surface area (Å²) in [4.78, 5) is 17.7. The van der Waals surface area contributed by atoms with Crippen LogP contribution in [0, 0.1) is 5.92 Å². The molecular formula is C20H27NO2. The van der Waals surface area contributed by atoms with E-state index < -0.39 is 5.54 Å². The smallest absolute Gasteiger partial charge is 0.334 e. The quantitative estimate of drug-likeness (QED) is 0.747. The third-order valence-corrected chi connectivity index (χ3v) is 4.18. The lowest BCUT2D eigenvalue weighted by atomic mass is 9.85. The number of ether oxygens (including phenoxy) is 1. The van der Waals surface area contributed by atoms with Crippen molar-refractivity contribution in [2.75, 3.05) is 6.61 Å². The van der Waals surface area contributed by atoms with Crippen molar-refractivity contribution in [3.05, 3.63) is 48.0 Å². The predicted octanol–water partition coefficient (Wildman–Crippen LogP) is 4.56. The molecule has 124 valence electrons. The van der Waals surface area contributed by atoms with Crippen LogP contribution >= 0.6 is 0 Å². The van der Waals surface area contributed by atoms with Crippen LogP contribution in [-0.4, -0.2) is 23.8 Å². The molecule has 1 atom stereocenters. The normalized spacial score (nSPS) is 21.7. The van der Waals surface area contributed by atoms with Crippen LogP contribution in [0.2, 0.25) is 0 Å². The molecule has 0 bridgehead atoms. The van der Waals surface area contributed by atoms with Crippen molar-refractivity contribution in [2.45, 2.75) is 52.0 Å². The summed E-state index contributed by atoms with van der Waals surface area (Å²) < 4.78 is 5.38. The maximum atomic E-state index is 12.7. The van der Waals surface area contributed by atoms with Gasteiger partial charge >= 0.3 is 5.97 Å². The van der Waals surface area contributed by atoms with E-state index in [0.29, 0.717) is 18.9 Å². The first-order valence-corrected chi connectivity index (χ1v) is 8.49. The zero-order valence-electron chi connectivity index (χ0n) is 14.5. The molecule has 2 rings (SSSR count). The Morgan fingerprint density at radius 1 is 1.35 bits per heavy atom. The third-order valence-electron chi connectivity index (χ3n) is 4.18. The molecule has 0 saturated carbocycles. The molecular weight excluding hydrogens is 286 g/mol. The highest BCUT2D eigenvalue weighted by atomic mass is 16.5. The highest BCUT2D eigenvalue weighted by molar-refractivity contribution is 6.13. The van der Waals surface area contributed by atoms with Crippen LogP contribution in [0.25, 0.3) is 0 Å². The maximum absolute atomic E-state index is 12.7. The molecule has 0 saturated heterocycles. The minimum absolute atomic E-state index is 0.197. The molecule has 1 heterocycles. The van der Waals surface area contributed by atoms with Crippen LogP contribution < -0.4 is 0 Å². The molecule has 23 heavy (non-hydrogen) atoms. The zero-order chi connectivity index (χ0) is 16.9. The van der Waals surface area contributed by atoms with Gasteiger partial charge < -0.3 is 4.74 Å². The lowest BCUT2D eigenvalue weighted by Crippen LogP contribution is -2.40. The van der Waals surface area contributed by atoms with E-state index in [4.69, 9.17) is 9.73 Å². The number of carbonyl (C=O) groups is 1. The zero-order valence-corrected chi connectivity index (χ0v) is 14.5. The van der Waals surface area contributed by atoms with Crippen molar-refractivity contribution in [1.29, 1.82) is 0 Å². The molecule has 0 aliphatic carbocycles. The summed E-state index contributed by atoms with van der Waals surface area (Å²) in [5.41, 5.74) is 2.11. The van der Waals surface area contributed by atoms with Crippen LogP contribution in [0.1, 0.15) is 52.0 Å². The average Bonchev–Trinajstić information content (AvgIpc) is 2.68. The van der Waals surface area contributed by atoms with Gasteiger partial charge in [-0.1, -0.05) is 50.8 Å². The molecule has 0 fully saturated rings. The van der Waals surface area contributed by atoms with Gasteiger partial charge in [0.2, 0.25) is 0 Å². The summed E-state index contributed by atoms with van der Waals surface area (Å²) in [6.07, 6.45) is 3.20. The molecule has 3 nitrogen and oxygen atoms in total. The molecule has 0 radical (unpaired) electrons. The number of carbonyl (C=O) groups excluding carboxylic acids is 1. The van der Waals surface area contributed by atoms with Crippen LogP contribution in [0.3, 0.4) is 0 Å². The van der Waals surface area contributed by atoms with Gasteiger partial charge in [-0.25, -0.2) is 4.79 Å². The second kappa shape index (κ2) is 7.58. The van der Waals surface area contributed by atoms with Crippen LogP contribution in [0.5, 0.6) is 0 Å². The Morgan fingerprint density at radius 3 is 2.65 bits per heavy atom. The van der Waals surface area contributed by atoms with E-state index in [1.165, 1.54) is 0 Å². The topological polar surface area (TPSA) is 38.7 Å². The van der Waals surface area contributed by atoms with Crippen molar-refractivity contribution >= 4 is 11.7 Å². The van der Waals surface area contributed by atoms with Gasteiger partial charge in [-0.3, -0.25) is 4.99 Å². The SMILES string of the molecule is C=C1CCCC(CC(C)C)(C(=O)OCC)N=C1c1ccccc1. The number of rotatable bonds is 5. The van der Waals surface area contributed by atoms with Crippen molar-refractivity contribution in [3.63, 3.8) is 0 Å². The van der Waals surface area contributed by atoms with Gasteiger partial charge in [-0.15, -0.1) is 0 Å². The molecule has 0 aromatic heterocycles. The minimum atomic E-state index is -0.783. The van der Waals surface area contributed by atoms with Gasteiger partial charge in [0.1, 0.15) is 0 Å². The standard InChI is InChI=1S/C20H27NO2/c1-5-23-19(22)20(14-15(2)3)13-9-10-16(4)18(21-20)17-11-7-6-8-12-17/h6-8,11-12,15H,4-5,9-10,13-14H2,1-3H3. The molecule has 3 heteroatoms. The molecule has 1 aromatic carbocycles. The fourth-order valence-electron chi connectivity index (χ4n) is 3.25. The molecule has 0 amide bonds. The Bertz CT molecular complexity index is 589. The molecule has 1 unspecified atom stereocenters. The second-order valence-corrected chi connectivity index (χ2v) is 6.63. The van der Waals surface area contributed by atoms with Crippen molar-refractivity contribution in [2.24, 2.45) is 10.9 Å². The van der Waals surface area contributed by atoms with E-state index in [0.717, 1.165) is 36.1 Å². The summed E-state index contributed by atoms with van der Waals surface area (Å²) in [7, 11) is 0. The number of esters is 1. The van der Waals surface area contributed by atoms with Crippen LogP contribution in [0.4, 0.5) is 0 Å². The Balaban J connectivity index is 2.52. The summed E-state index contributed by atoms with van der Waals surface area (Å²) in [6, 6.07) is 10.0. The highest BCUT2D eigenvalue weighted by Crippen LogP contribution is 2.34.